The number of unbranched alkanes of at least 4 members (excludes halogenated alkanes) is 1. The van der Waals surface area contributed by atoms with Crippen molar-refractivity contribution in [3.63, 3.8) is 0 Å². The van der Waals surface area contributed by atoms with Crippen LogP contribution in [0.15, 0.2) is 60.7 Å². The van der Waals surface area contributed by atoms with Gasteiger partial charge in [0.15, 0.2) is 0 Å². The summed E-state index contributed by atoms with van der Waals surface area (Å²) in [6.45, 7) is 0.528. The molecule has 1 heterocycles. The van der Waals surface area contributed by atoms with Gasteiger partial charge in [-0.3, -0.25) is 13.9 Å². The van der Waals surface area contributed by atoms with Gasteiger partial charge < -0.3 is 21.1 Å². The van der Waals surface area contributed by atoms with E-state index in [9.17, 15) is 18.0 Å². The molecule has 0 aromatic heterocycles. The number of nitrogens with zero attached hydrogens (tertiary/aromatic N) is 1. The predicted octanol–water partition coefficient (Wildman–Crippen LogP) is 3.56. The topological polar surface area (TPSA) is 128 Å². The molecular weight excluding hydrogens is 480 g/mol. The molecule has 3 aromatic rings. The first-order chi connectivity index (χ1) is 17.2. The molecule has 0 fully saturated rings. The Balaban J connectivity index is 1.65. The number of carbonyl (C=O) groups is 2. The molecule has 4 N–H and O–H groups in total. The Morgan fingerprint density at radius 1 is 0.944 bits per heavy atom. The minimum atomic E-state index is -3.47. The number of carbonyl (C=O) groups excluding carboxylic acids is 2. The lowest BCUT2D eigenvalue weighted by atomic mass is 10.0. The molecule has 2 amide bonds. The van der Waals surface area contributed by atoms with Crippen molar-refractivity contribution in [3.05, 3.63) is 71.8 Å². The van der Waals surface area contributed by atoms with E-state index in [4.69, 9.17) is 5.11 Å². The highest BCUT2D eigenvalue weighted by atomic mass is 32.2. The van der Waals surface area contributed by atoms with Crippen LogP contribution in [-0.4, -0.2) is 51.8 Å². The van der Waals surface area contributed by atoms with Crippen molar-refractivity contribution in [3.8, 4) is 11.1 Å². The van der Waals surface area contributed by atoms with Crippen molar-refractivity contribution in [2.24, 2.45) is 0 Å². The van der Waals surface area contributed by atoms with E-state index in [1.165, 1.54) is 11.4 Å². The molecule has 1 aliphatic rings. The van der Waals surface area contributed by atoms with Crippen LogP contribution in [0.1, 0.15) is 33.6 Å². The van der Waals surface area contributed by atoms with Gasteiger partial charge in [-0.25, -0.2) is 8.42 Å². The van der Waals surface area contributed by atoms with Crippen molar-refractivity contribution >= 4 is 44.6 Å². The molecule has 0 bridgehead atoms. The van der Waals surface area contributed by atoms with Gasteiger partial charge in [0, 0.05) is 31.3 Å². The van der Waals surface area contributed by atoms with Crippen LogP contribution in [-0.2, 0) is 10.0 Å². The van der Waals surface area contributed by atoms with Crippen LogP contribution in [0.3, 0.4) is 0 Å². The van der Waals surface area contributed by atoms with Crippen molar-refractivity contribution in [2.75, 3.05) is 41.4 Å². The third-order valence-electron chi connectivity index (χ3n) is 5.99. The summed E-state index contributed by atoms with van der Waals surface area (Å²) in [5.74, 6) is -0.592. The van der Waals surface area contributed by atoms with Crippen LogP contribution in [0.2, 0.25) is 0 Å². The lowest BCUT2D eigenvalue weighted by molar-refractivity contribution is 0.0950. The van der Waals surface area contributed by atoms with Crippen LogP contribution in [0.4, 0.5) is 22.7 Å². The summed E-state index contributed by atoms with van der Waals surface area (Å²) in [4.78, 5) is 25.5. The van der Waals surface area contributed by atoms with Gasteiger partial charge in [0.05, 0.1) is 34.6 Å². The molecule has 10 heteroatoms. The second kappa shape index (κ2) is 10.4. The molecule has 0 unspecified atom stereocenters. The SMILES string of the molecule is CN(c1ccccc1-c1ccc2c(c1)Nc1ccc(C(=O)NCCCCO)cc1NC2=O)S(C)(=O)=O. The molecule has 0 spiro atoms. The maximum Gasteiger partial charge on any atom is 0.257 e. The fourth-order valence-electron chi connectivity index (χ4n) is 3.96. The maximum absolute atomic E-state index is 13.0. The Morgan fingerprint density at radius 3 is 2.47 bits per heavy atom. The summed E-state index contributed by atoms with van der Waals surface area (Å²) in [6.07, 6.45) is 2.43. The Kier molecular flexibility index (Phi) is 7.27. The van der Waals surface area contributed by atoms with E-state index in [0.29, 0.717) is 58.8 Å². The maximum atomic E-state index is 13.0. The molecule has 0 aliphatic carbocycles. The Morgan fingerprint density at radius 2 is 1.72 bits per heavy atom. The second-order valence-electron chi connectivity index (χ2n) is 8.53. The number of fused-ring (bicyclic) bond motifs is 2. The predicted molar refractivity (Wildman–Crippen MR) is 141 cm³/mol. The lowest BCUT2D eigenvalue weighted by Crippen LogP contribution is -2.25. The molecule has 0 saturated carbocycles. The van der Waals surface area contributed by atoms with E-state index in [0.717, 1.165) is 11.8 Å². The zero-order valence-electron chi connectivity index (χ0n) is 20.0. The van der Waals surface area contributed by atoms with Crippen molar-refractivity contribution in [1.29, 1.82) is 0 Å². The molecule has 9 nitrogen and oxygen atoms in total. The van der Waals surface area contributed by atoms with Crippen LogP contribution in [0.25, 0.3) is 11.1 Å². The Labute approximate surface area is 210 Å². The van der Waals surface area contributed by atoms with E-state index in [1.54, 1.807) is 48.5 Å². The third-order valence-corrected chi connectivity index (χ3v) is 7.18. The molecule has 4 rings (SSSR count). The molecule has 188 valence electrons. The number of amides is 2. The normalized spacial score (nSPS) is 12.5. The third kappa shape index (κ3) is 5.34. The highest BCUT2D eigenvalue weighted by molar-refractivity contribution is 7.92. The van der Waals surface area contributed by atoms with Crippen LogP contribution < -0.4 is 20.3 Å². The molecule has 3 aromatic carbocycles. The molecule has 0 radical (unpaired) electrons. The zero-order chi connectivity index (χ0) is 25.9. The lowest BCUT2D eigenvalue weighted by Gasteiger charge is -2.21. The molecule has 1 aliphatic heterocycles. The zero-order valence-corrected chi connectivity index (χ0v) is 20.9. The van der Waals surface area contributed by atoms with Gasteiger partial charge in [0.2, 0.25) is 10.0 Å². The number of aliphatic hydroxyl groups is 1. The number of aliphatic hydroxyl groups excluding tert-OH is 1. The van der Waals surface area contributed by atoms with E-state index in [-0.39, 0.29) is 18.4 Å². The monoisotopic (exact) mass is 508 g/mol. The number of nitrogens with one attached hydrogen (secondary N) is 3. The quantitative estimate of drug-likeness (QED) is 0.345. The van der Waals surface area contributed by atoms with Crippen LogP contribution in [0.5, 0.6) is 0 Å². The molecular formula is C26H28N4O5S. The van der Waals surface area contributed by atoms with Crippen LogP contribution in [0, 0.1) is 0 Å². The van der Waals surface area contributed by atoms with Gasteiger partial charge in [-0.2, -0.15) is 0 Å². The van der Waals surface area contributed by atoms with E-state index in [1.807, 2.05) is 12.1 Å². The van der Waals surface area contributed by atoms with E-state index >= 15 is 0 Å². The summed E-state index contributed by atoms with van der Waals surface area (Å²) < 4.78 is 25.5. The summed E-state index contributed by atoms with van der Waals surface area (Å²) in [7, 11) is -1.97. The first-order valence-electron chi connectivity index (χ1n) is 11.5. The van der Waals surface area contributed by atoms with Gasteiger partial charge in [-0.1, -0.05) is 24.3 Å². The Bertz CT molecular complexity index is 1420. The number of hydrogen-bond acceptors (Lipinski definition) is 6. The highest BCUT2D eigenvalue weighted by Crippen LogP contribution is 2.37. The van der Waals surface area contributed by atoms with Gasteiger partial charge in [-0.15, -0.1) is 0 Å². The number of para-hydroxylation sites is 1. The average molecular weight is 509 g/mol. The number of anilines is 4. The van der Waals surface area contributed by atoms with Gasteiger partial charge in [0.1, 0.15) is 0 Å². The minimum absolute atomic E-state index is 0.0781. The van der Waals surface area contributed by atoms with Crippen molar-refractivity contribution in [2.45, 2.75) is 12.8 Å². The van der Waals surface area contributed by atoms with Gasteiger partial charge in [-0.05, 0) is 54.8 Å². The summed E-state index contributed by atoms with van der Waals surface area (Å²) in [6, 6.07) is 17.4. The molecule has 36 heavy (non-hydrogen) atoms. The van der Waals surface area contributed by atoms with Gasteiger partial charge >= 0.3 is 0 Å². The number of sulfonamides is 1. The van der Waals surface area contributed by atoms with Gasteiger partial charge in [0.25, 0.3) is 11.8 Å². The number of benzene rings is 3. The summed E-state index contributed by atoms with van der Waals surface area (Å²) in [5.41, 5.74) is 4.43. The fourth-order valence-corrected chi connectivity index (χ4v) is 4.47. The highest BCUT2D eigenvalue weighted by Gasteiger charge is 2.22. The standard InChI is InChI=1S/C26H28N4O5S/c1-30(36(2,34)35)24-8-4-3-7-19(24)17-9-11-20-22(15-17)28-21-12-10-18(16-23(21)29-26(20)33)25(32)27-13-5-6-14-31/h3-4,7-12,15-16,28,31H,5-6,13-14H2,1-2H3,(H,27,32)(H,29,33). The van der Waals surface area contributed by atoms with E-state index < -0.39 is 10.0 Å². The minimum Gasteiger partial charge on any atom is -0.396 e. The largest absolute Gasteiger partial charge is 0.396 e. The second-order valence-corrected chi connectivity index (χ2v) is 10.5. The van der Waals surface area contributed by atoms with E-state index in [2.05, 4.69) is 16.0 Å². The molecule has 0 saturated heterocycles. The molecule has 0 atom stereocenters. The van der Waals surface area contributed by atoms with Crippen LogP contribution >= 0.6 is 0 Å². The van der Waals surface area contributed by atoms with Crippen molar-refractivity contribution < 1.29 is 23.1 Å². The smallest absolute Gasteiger partial charge is 0.257 e. The average Bonchev–Trinajstić information content (AvgIpc) is 3.00. The number of hydrogen-bond donors (Lipinski definition) is 4. The fraction of sp³-hybridized carbons (Fsp3) is 0.231. The van der Waals surface area contributed by atoms with Crippen molar-refractivity contribution in [1.82, 2.24) is 5.32 Å². The first kappa shape index (κ1) is 25.2. The summed E-state index contributed by atoms with van der Waals surface area (Å²) >= 11 is 0. The Hall–Kier alpha value is -3.89. The first-order valence-corrected chi connectivity index (χ1v) is 13.3. The summed E-state index contributed by atoms with van der Waals surface area (Å²) in [5, 5.41) is 17.8. The number of rotatable bonds is 8.